The van der Waals surface area contributed by atoms with Crippen LogP contribution in [0, 0.1) is 13.8 Å². The summed E-state index contributed by atoms with van der Waals surface area (Å²) in [6.07, 6.45) is 0. The van der Waals surface area contributed by atoms with Crippen molar-refractivity contribution in [3.63, 3.8) is 0 Å². The third-order valence-electron chi connectivity index (χ3n) is 4.76. The number of thiazole rings is 1. The molecule has 3 aromatic rings. The maximum atomic E-state index is 12.9. The summed E-state index contributed by atoms with van der Waals surface area (Å²) in [4.78, 5) is 44.5. The fourth-order valence-electron chi connectivity index (χ4n) is 3.01. The molecule has 0 aliphatic carbocycles. The molecule has 0 fully saturated rings. The van der Waals surface area contributed by atoms with Crippen LogP contribution in [0.3, 0.4) is 0 Å². The molecule has 0 bridgehead atoms. The zero-order valence-corrected chi connectivity index (χ0v) is 20.1. The van der Waals surface area contributed by atoms with Gasteiger partial charge in [0.1, 0.15) is 10.7 Å². The van der Waals surface area contributed by atoms with E-state index in [0.717, 1.165) is 19.9 Å². The molecule has 2 heterocycles. The summed E-state index contributed by atoms with van der Waals surface area (Å²) in [5, 5.41) is 5.94. The number of hydrogen-bond donors (Lipinski definition) is 2. The fourth-order valence-corrected chi connectivity index (χ4v) is 4.30. The van der Waals surface area contributed by atoms with Crippen molar-refractivity contribution in [1.29, 1.82) is 0 Å². The summed E-state index contributed by atoms with van der Waals surface area (Å²) in [5.41, 5.74) is 2.01. The number of imide groups is 1. The molecule has 32 heavy (non-hydrogen) atoms. The van der Waals surface area contributed by atoms with Crippen molar-refractivity contribution in [2.45, 2.75) is 13.8 Å². The van der Waals surface area contributed by atoms with Crippen LogP contribution in [0.5, 0.6) is 0 Å². The molecule has 1 aromatic heterocycles. The van der Waals surface area contributed by atoms with Crippen LogP contribution in [0.15, 0.2) is 63.7 Å². The molecule has 4 rings (SSSR count). The van der Waals surface area contributed by atoms with Gasteiger partial charge in [0.2, 0.25) is 0 Å². The molecule has 2 aromatic carbocycles. The normalized spacial score (nSPS) is 13.7. The molecule has 3 amide bonds. The van der Waals surface area contributed by atoms with Gasteiger partial charge in [-0.25, -0.2) is 9.88 Å². The first-order valence-corrected chi connectivity index (χ1v) is 11.4. The first-order chi connectivity index (χ1) is 15.2. The Kier molecular flexibility index (Phi) is 6.14. The number of halogens is 2. The predicted octanol–water partition coefficient (Wildman–Crippen LogP) is 5.21. The summed E-state index contributed by atoms with van der Waals surface area (Å²) in [7, 11) is 0. The Hall–Kier alpha value is -3.01. The Bertz CT molecular complexity index is 1270. The molecular formula is C22H16BrClN4O3S. The summed E-state index contributed by atoms with van der Waals surface area (Å²) >= 11 is 10.9. The van der Waals surface area contributed by atoms with E-state index in [1.54, 1.807) is 48.5 Å². The molecule has 0 atom stereocenters. The Balaban J connectivity index is 1.53. The predicted molar refractivity (Wildman–Crippen MR) is 129 cm³/mol. The molecule has 0 radical (unpaired) electrons. The zero-order valence-electron chi connectivity index (χ0n) is 16.9. The minimum absolute atomic E-state index is 0.0525. The van der Waals surface area contributed by atoms with Gasteiger partial charge in [-0.15, -0.1) is 11.3 Å². The van der Waals surface area contributed by atoms with Gasteiger partial charge in [-0.05, 0) is 56.3 Å². The largest absolute Gasteiger partial charge is 0.350 e. The van der Waals surface area contributed by atoms with E-state index < -0.39 is 11.8 Å². The number of benzene rings is 2. The highest BCUT2D eigenvalue weighted by atomic mass is 79.9. The van der Waals surface area contributed by atoms with Crippen molar-refractivity contribution < 1.29 is 14.4 Å². The van der Waals surface area contributed by atoms with Gasteiger partial charge in [0, 0.05) is 20.6 Å². The average Bonchev–Trinajstić information content (AvgIpc) is 3.19. The van der Waals surface area contributed by atoms with Crippen molar-refractivity contribution >= 4 is 73.1 Å². The highest BCUT2D eigenvalue weighted by molar-refractivity contribution is 9.10. The number of anilines is 3. The summed E-state index contributed by atoms with van der Waals surface area (Å²) < 4.78 is 0.816. The van der Waals surface area contributed by atoms with Crippen LogP contribution in [0.25, 0.3) is 0 Å². The van der Waals surface area contributed by atoms with Crippen molar-refractivity contribution in [1.82, 2.24) is 4.98 Å². The second-order valence-electron chi connectivity index (χ2n) is 6.93. The van der Waals surface area contributed by atoms with Crippen LogP contribution in [0.1, 0.15) is 20.9 Å². The van der Waals surface area contributed by atoms with Gasteiger partial charge in [-0.2, -0.15) is 0 Å². The minimum atomic E-state index is -0.620. The lowest BCUT2D eigenvalue weighted by atomic mass is 10.2. The first kappa shape index (κ1) is 22.2. The van der Waals surface area contributed by atoms with E-state index in [1.807, 2.05) is 13.8 Å². The van der Waals surface area contributed by atoms with Crippen LogP contribution in [0.4, 0.5) is 16.5 Å². The van der Waals surface area contributed by atoms with Gasteiger partial charge in [0.05, 0.1) is 11.4 Å². The van der Waals surface area contributed by atoms with E-state index in [-0.39, 0.29) is 16.6 Å². The van der Waals surface area contributed by atoms with Crippen LogP contribution in [-0.2, 0) is 9.59 Å². The fraction of sp³-hybridized carbons (Fsp3) is 0.0909. The van der Waals surface area contributed by atoms with Gasteiger partial charge in [-0.1, -0.05) is 33.6 Å². The topological polar surface area (TPSA) is 91.4 Å². The number of aryl methyl sites for hydroxylation is 2. The van der Waals surface area contributed by atoms with Crippen molar-refractivity contribution in [3.05, 3.63) is 79.9 Å². The lowest BCUT2D eigenvalue weighted by Crippen LogP contribution is -2.32. The standard InChI is InChI=1S/C22H16BrClN4O3S/c1-11-12(2)32-22(25-11)27-19(29)13-4-3-5-15(10-13)26-18-17(24)20(30)28(21(18)31)16-8-6-14(23)7-9-16/h3-10,26H,1-2H3,(H,25,27,29). The molecule has 0 saturated carbocycles. The molecule has 0 saturated heterocycles. The SMILES string of the molecule is Cc1nc(NC(=O)c2cccc(NC3=C(Cl)C(=O)N(c4ccc(Br)cc4)C3=O)c2)sc1C. The zero-order chi connectivity index (χ0) is 23.0. The highest BCUT2D eigenvalue weighted by Gasteiger charge is 2.39. The van der Waals surface area contributed by atoms with E-state index in [0.29, 0.717) is 22.1 Å². The molecule has 1 aliphatic heterocycles. The number of hydrogen-bond acceptors (Lipinski definition) is 6. The molecule has 0 spiro atoms. The van der Waals surface area contributed by atoms with Crippen LogP contribution in [-0.4, -0.2) is 22.7 Å². The number of amides is 3. The van der Waals surface area contributed by atoms with E-state index in [4.69, 9.17) is 11.6 Å². The van der Waals surface area contributed by atoms with Crippen molar-refractivity contribution in [2.75, 3.05) is 15.5 Å². The molecular weight excluding hydrogens is 516 g/mol. The average molecular weight is 532 g/mol. The van der Waals surface area contributed by atoms with Crippen LogP contribution < -0.4 is 15.5 Å². The molecule has 0 unspecified atom stereocenters. The van der Waals surface area contributed by atoms with Gasteiger partial charge >= 0.3 is 0 Å². The molecule has 162 valence electrons. The second kappa shape index (κ2) is 8.85. The van der Waals surface area contributed by atoms with Gasteiger partial charge < -0.3 is 5.32 Å². The van der Waals surface area contributed by atoms with Gasteiger partial charge in [0.15, 0.2) is 5.13 Å². The summed E-state index contributed by atoms with van der Waals surface area (Å²) in [6.45, 7) is 3.81. The Morgan fingerprint density at radius 2 is 1.81 bits per heavy atom. The van der Waals surface area contributed by atoms with E-state index >= 15 is 0 Å². The summed E-state index contributed by atoms with van der Waals surface area (Å²) in [6, 6.07) is 13.3. The molecule has 2 N–H and O–H groups in total. The Morgan fingerprint density at radius 1 is 1.09 bits per heavy atom. The van der Waals surface area contributed by atoms with Gasteiger partial charge in [0.25, 0.3) is 17.7 Å². The smallest absolute Gasteiger partial charge is 0.283 e. The maximum Gasteiger partial charge on any atom is 0.283 e. The Labute approximate surface area is 201 Å². The third-order valence-corrected chi connectivity index (χ3v) is 6.62. The van der Waals surface area contributed by atoms with Crippen LogP contribution >= 0.6 is 38.9 Å². The number of nitrogens with one attached hydrogen (secondary N) is 2. The van der Waals surface area contributed by atoms with E-state index in [2.05, 4.69) is 31.5 Å². The first-order valence-electron chi connectivity index (χ1n) is 9.41. The molecule has 1 aliphatic rings. The van der Waals surface area contributed by atoms with Crippen LogP contribution in [0.2, 0.25) is 0 Å². The second-order valence-corrected chi connectivity index (χ2v) is 9.43. The lowest BCUT2D eigenvalue weighted by molar-refractivity contribution is -0.120. The molecule has 10 heteroatoms. The summed E-state index contributed by atoms with van der Waals surface area (Å²) in [5.74, 6) is -1.54. The van der Waals surface area contributed by atoms with Gasteiger partial charge in [-0.3, -0.25) is 19.7 Å². The number of carbonyl (C=O) groups is 3. The van der Waals surface area contributed by atoms with E-state index in [1.165, 1.54) is 11.3 Å². The Morgan fingerprint density at radius 3 is 2.47 bits per heavy atom. The lowest BCUT2D eigenvalue weighted by Gasteiger charge is -2.15. The minimum Gasteiger partial charge on any atom is -0.350 e. The highest BCUT2D eigenvalue weighted by Crippen LogP contribution is 2.31. The third kappa shape index (κ3) is 4.32. The number of nitrogens with zero attached hydrogens (tertiary/aromatic N) is 2. The van der Waals surface area contributed by atoms with Crippen molar-refractivity contribution in [2.24, 2.45) is 0 Å². The monoisotopic (exact) mass is 530 g/mol. The number of aromatic nitrogens is 1. The molecule has 7 nitrogen and oxygen atoms in total. The number of carbonyl (C=O) groups excluding carboxylic acids is 3. The quantitative estimate of drug-likeness (QED) is 0.441. The van der Waals surface area contributed by atoms with E-state index in [9.17, 15) is 14.4 Å². The number of rotatable bonds is 5. The van der Waals surface area contributed by atoms with Crippen molar-refractivity contribution in [3.8, 4) is 0 Å². The maximum absolute atomic E-state index is 12.9.